The Balaban J connectivity index is 1.82. The highest BCUT2D eigenvalue weighted by molar-refractivity contribution is 5.92. The first-order chi connectivity index (χ1) is 12.8. The summed E-state index contributed by atoms with van der Waals surface area (Å²) in [5.74, 6) is -1.10. The molecular formula is C20H22N2O5. The molecule has 0 heterocycles. The van der Waals surface area contributed by atoms with Crippen molar-refractivity contribution in [2.24, 2.45) is 0 Å². The van der Waals surface area contributed by atoms with Gasteiger partial charge in [-0.15, -0.1) is 0 Å². The van der Waals surface area contributed by atoms with Gasteiger partial charge in [0.15, 0.2) is 6.61 Å². The number of carboxylic acid groups (broad SMARTS) is 1. The summed E-state index contributed by atoms with van der Waals surface area (Å²) in [4.78, 5) is 34.0. The average molecular weight is 370 g/mol. The molecule has 2 aromatic rings. The fourth-order valence-electron chi connectivity index (χ4n) is 2.43. The SMILES string of the molecule is Cc1ccc(OCC(=O)Nc2ccc(CC(=O)NCC(=O)O)cc2)c(C)c1. The predicted molar refractivity (Wildman–Crippen MR) is 101 cm³/mol. The number of rotatable bonds is 8. The van der Waals surface area contributed by atoms with E-state index in [1.807, 2.05) is 32.0 Å². The third-order valence-electron chi connectivity index (χ3n) is 3.73. The summed E-state index contributed by atoms with van der Waals surface area (Å²) >= 11 is 0. The number of nitrogens with one attached hydrogen (secondary N) is 2. The summed E-state index contributed by atoms with van der Waals surface area (Å²) in [6, 6.07) is 12.5. The molecule has 7 nitrogen and oxygen atoms in total. The number of aliphatic carboxylic acids is 1. The van der Waals surface area contributed by atoms with Gasteiger partial charge in [-0.1, -0.05) is 29.8 Å². The molecule has 0 bridgehead atoms. The molecule has 0 atom stereocenters. The van der Waals surface area contributed by atoms with Crippen LogP contribution < -0.4 is 15.4 Å². The average Bonchev–Trinajstić information content (AvgIpc) is 2.61. The van der Waals surface area contributed by atoms with Crippen LogP contribution in [0.3, 0.4) is 0 Å². The third kappa shape index (κ3) is 6.81. The van der Waals surface area contributed by atoms with Gasteiger partial charge in [-0.3, -0.25) is 14.4 Å². The minimum absolute atomic E-state index is 0.0668. The maximum atomic E-state index is 12.0. The summed E-state index contributed by atoms with van der Waals surface area (Å²) in [6.07, 6.45) is 0.0668. The van der Waals surface area contributed by atoms with E-state index < -0.39 is 12.5 Å². The highest BCUT2D eigenvalue weighted by Gasteiger charge is 2.08. The number of anilines is 1. The van der Waals surface area contributed by atoms with Crippen LogP contribution in [0.4, 0.5) is 5.69 Å². The van der Waals surface area contributed by atoms with Gasteiger partial charge >= 0.3 is 5.97 Å². The van der Waals surface area contributed by atoms with Gasteiger partial charge in [-0.2, -0.15) is 0 Å². The Labute approximate surface area is 157 Å². The molecule has 3 N–H and O–H groups in total. The smallest absolute Gasteiger partial charge is 0.322 e. The second-order valence-corrected chi connectivity index (χ2v) is 6.15. The Morgan fingerprint density at radius 1 is 1.00 bits per heavy atom. The first-order valence-electron chi connectivity index (χ1n) is 8.41. The summed E-state index contributed by atoms with van der Waals surface area (Å²) in [5.41, 5.74) is 3.38. The zero-order valence-corrected chi connectivity index (χ0v) is 15.2. The number of amides is 2. The van der Waals surface area contributed by atoms with Crippen LogP contribution in [0.15, 0.2) is 42.5 Å². The van der Waals surface area contributed by atoms with Crippen molar-refractivity contribution in [3.63, 3.8) is 0 Å². The van der Waals surface area contributed by atoms with E-state index in [1.54, 1.807) is 24.3 Å². The molecule has 0 saturated heterocycles. The summed E-state index contributed by atoms with van der Waals surface area (Å²) < 4.78 is 5.54. The van der Waals surface area contributed by atoms with Crippen molar-refractivity contribution in [1.29, 1.82) is 0 Å². The fraction of sp³-hybridized carbons (Fsp3) is 0.250. The van der Waals surface area contributed by atoms with Crippen molar-refractivity contribution in [2.45, 2.75) is 20.3 Å². The number of carboxylic acids is 1. The van der Waals surface area contributed by atoms with Crippen molar-refractivity contribution < 1.29 is 24.2 Å². The predicted octanol–water partition coefficient (Wildman–Crippen LogP) is 2.06. The molecular weight excluding hydrogens is 348 g/mol. The molecule has 0 radical (unpaired) electrons. The van der Waals surface area contributed by atoms with E-state index in [2.05, 4.69) is 10.6 Å². The Morgan fingerprint density at radius 3 is 2.33 bits per heavy atom. The Kier molecular flexibility index (Phi) is 6.93. The zero-order valence-electron chi connectivity index (χ0n) is 15.2. The van der Waals surface area contributed by atoms with Gasteiger partial charge in [-0.05, 0) is 43.2 Å². The highest BCUT2D eigenvalue weighted by Crippen LogP contribution is 2.18. The lowest BCUT2D eigenvalue weighted by Gasteiger charge is -2.10. The molecule has 2 amide bonds. The lowest BCUT2D eigenvalue weighted by atomic mass is 10.1. The maximum Gasteiger partial charge on any atom is 0.322 e. The van der Waals surface area contributed by atoms with Crippen molar-refractivity contribution in [3.8, 4) is 5.75 Å². The van der Waals surface area contributed by atoms with E-state index in [0.717, 1.165) is 11.1 Å². The van der Waals surface area contributed by atoms with Gasteiger partial charge in [-0.25, -0.2) is 0 Å². The topological polar surface area (TPSA) is 105 Å². The quantitative estimate of drug-likeness (QED) is 0.660. The van der Waals surface area contributed by atoms with Crippen LogP contribution >= 0.6 is 0 Å². The number of carbonyl (C=O) groups is 3. The van der Waals surface area contributed by atoms with Crippen LogP contribution in [0.1, 0.15) is 16.7 Å². The van der Waals surface area contributed by atoms with Crippen molar-refractivity contribution in [1.82, 2.24) is 5.32 Å². The van der Waals surface area contributed by atoms with E-state index in [4.69, 9.17) is 9.84 Å². The number of benzene rings is 2. The number of aryl methyl sites for hydroxylation is 2. The Morgan fingerprint density at radius 2 is 1.70 bits per heavy atom. The van der Waals surface area contributed by atoms with E-state index in [9.17, 15) is 14.4 Å². The standard InChI is InChI=1S/C20H22N2O5/c1-13-3-8-17(14(2)9-13)27-12-19(24)22-16-6-4-15(5-7-16)10-18(23)21-11-20(25)26/h3-9H,10-12H2,1-2H3,(H,21,23)(H,22,24)(H,25,26). The van der Waals surface area contributed by atoms with Gasteiger partial charge in [0.1, 0.15) is 12.3 Å². The zero-order chi connectivity index (χ0) is 19.8. The molecule has 0 spiro atoms. The molecule has 0 aliphatic rings. The molecule has 0 unspecified atom stereocenters. The van der Waals surface area contributed by atoms with E-state index in [-0.39, 0.29) is 24.8 Å². The number of carbonyl (C=O) groups excluding carboxylic acids is 2. The third-order valence-corrected chi connectivity index (χ3v) is 3.73. The van der Waals surface area contributed by atoms with Crippen molar-refractivity contribution in [3.05, 3.63) is 59.2 Å². The molecule has 0 aromatic heterocycles. The first kappa shape index (κ1) is 20.0. The summed E-state index contributed by atoms with van der Waals surface area (Å²) in [6.45, 7) is 3.39. The number of ether oxygens (including phenoxy) is 1. The van der Waals surface area contributed by atoms with E-state index in [0.29, 0.717) is 17.0 Å². The normalized spacial score (nSPS) is 10.1. The van der Waals surface area contributed by atoms with Gasteiger partial charge in [0.25, 0.3) is 5.91 Å². The van der Waals surface area contributed by atoms with Crippen molar-refractivity contribution >= 4 is 23.5 Å². The van der Waals surface area contributed by atoms with Crippen LogP contribution in [-0.2, 0) is 20.8 Å². The second kappa shape index (κ2) is 9.38. The lowest BCUT2D eigenvalue weighted by molar-refractivity contribution is -0.137. The van der Waals surface area contributed by atoms with Crippen LogP contribution in [0.25, 0.3) is 0 Å². The van der Waals surface area contributed by atoms with Gasteiger partial charge in [0.05, 0.1) is 6.42 Å². The minimum atomic E-state index is -1.09. The molecule has 7 heteroatoms. The Hall–Kier alpha value is -3.35. The van der Waals surface area contributed by atoms with Gasteiger partial charge in [0.2, 0.25) is 5.91 Å². The molecule has 27 heavy (non-hydrogen) atoms. The number of hydrogen-bond acceptors (Lipinski definition) is 4. The highest BCUT2D eigenvalue weighted by atomic mass is 16.5. The molecule has 2 aromatic carbocycles. The maximum absolute atomic E-state index is 12.0. The Bertz CT molecular complexity index is 831. The molecule has 0 saturated carbocycles. The van der Waals surface area contributed by atoms with Crippen LogP contribution in [0, 0.1) is 13.8 Å². The first-order valence-corrected chi connectivity index (χ1v) is 8.41. The molecule has 2 rings (SSSR count). The van der Waals surface area contributed by atoms with Gasteiger partial charge in [0, 0.05) is 5.69 Å². The van der Waals surface area contributed by atoms with Crippen LogP contribution in [-0.4, -0.2) is 36.0 Å². The summed E-state index contributed by atoms with van der Waals surface area (Å²) in [5, 5.41) is 13.5. The minimum Gasteiger partial charge on any atom is -0.483 e. The molecule has 0 fully saturated rings. The molecule has 0 aliphatic heterocycles. The molecule has 142 valence electrons. The summed E-state index contributed by atoms with van der Waals surface area (Å²) in [7, 11) is 0. The van der Waals surface area contributed by atoms with E-state index >= 15 is 0 Å². The lowest BCUT2D eigenvalue weighted by Crippen LogP contribution is -2.30. The molecule has 0 aliphatic carbocycles. The van der Waals surface area contributed by atoms with E-state index in [1.165, 1.54) is 0 Å². The number of hydrogen-bond donors (Lipinski definition) is 3. The largest absolute Gasteiger partial charge is 0.483 e. The van der Waals surface area contributed by atoms with Crippen molar-refractivity contribution in [2.75, 3.05) is 18.5 Å². The fourth-order valence-corrected chi connectivity index (χ4v) is 2.43. The van der Waals surface area contributed by atoms with Crippen LogP contribution in [0.5, 0.6) is 5.75 Å². The second-order valence-electron chi connectivity index (χ2n) is 6.15. The van der Waals surface area contributed by atoms with Crippen LogP contribution in [0.2, 0.25) is 0 Å². The monoisotopic (exact) mass is 370 g/mol. The van der Waals surface area contributed by atoms with Gasteiger partial charge < -0.3 is 20.5 Å².